The molecule has 0 bridgehead atoms. The van der Waals surface area contributed by atoms with Gasteiger partial charge in [-0.2, -0.15) is 0 Å². The van der Waals surface area contributed by atoms with Crippen LogP contribution in [0.25, 0.3) is 0 Å². The highest BCUT2D eigenvalue weighted by Gasteiger charge is 2.55. The monoisotopic (exact) mass is 730 g/mol. The van der Waals surface area contributed by atoms with E-state index in [4.69, 9.17) is 22.8 Å². The third kappa shape index (κ3) is 9.62. The fourth-order valence-corrected chi connectivity index (χ4v) is 13.5. The second-order valence-electron chi connectivity index (χ2n) is 17.8. The lowest BCUT2D eigenvalue weighted by molar-refractivity contribution is -0.232. The molecule has 1 fully saturated rings. The number of aliphatic hydroxyl groups excluding tert-OH is 1. The van der Waals surface area contributed by atoms with Gasteiger partial charge in [0.05, 0.1) is 12.7 Å². The summed E-state index contributed by atoms with van der Waals surface area (Å²) in [5.74, 6) is -0.389. The topological polar surface area (TPSA) is 83.5 Å². The Labute approximate surface area is 300 Å². The van der Waals surface area contributed by atoms with Crippen molar-refractivity contribution in [2.75, 3.05) is 13.2 Å². The Morgan fingerprint density at radius 3 is 1.53 bits per heavy atom. The molecule has 0 aliphatic carbocycles. The van der Waals surface area contributed by atoms with Gasteiger partial charge in [0.1, 0.15) is 18.3 Å². The molecule has 1 heterocycles. The summed E-state index contributed by atoms with van der Waals surface area (Å²) < 4.78 is 34.2. The number of carbonyl (C=O) groups excluding carboxylic acids is 1. The minimum absolute atomic E-state index is 0.0827. The lowest BCUT2D eigenvalue weighted by atomic mass is 9.92. The standard InChI is InChI=1S/C39H66O7Si3/c1-29(41)43-34-32(26-21-27-42-49(39(8,9)10,30-22-17-15-18-23-30)31-24-19-16-20-25-31)44-33(28-40)35(45-47(11,12)37(2,3)4)36(34)46-48(13,14)38(5,6)7/h15-20,22-25,32-36,40H,21,26-28H2,1-14H3/t32-,33+,34-,35+,36+/m0/s1. The summed E-state index contributed by atoms with van der Waals surface area (Å²) in [4.78, 5) is 12.7. The van der Waals surface area contributed by atoms with Gasteiger partial charge in [-0.05, 0) is 64.5 Å². The lowest BCUT2D eigenvalue weighted by Gasteiger charge is -2.52. The summed E-state index contributed by atoms with van der Waals surface area (Å²) in [5.41, 5.74) is 0. The van der Waals surface area contributed by atoms with E-state index in [2.05, 4.69) is 137 Å². The molecule has 10 heteroatoms. The highest BCUT2D eigenvalue weighted by atomic mass is 28.4. The predicted molar refractivity (Wildman–Crippen MR) is 208 cm³/mol. The quantitative estimate of drug-likeness (QED) is 0.128. The Balaban J connectivity index is 2.00. The summed E-state index contributed by atoms with van der Waals surface area (Å²) in [5, 5.41) is 12.9. The molecule has 1 N–H and O–H groups in total. The number of ether oxygens (including phenoxy) is 2. The largest absolute Gasteiger partial charge is 0.457 e. The Bertz CT molecular complexity index is 1290. The first-order valence-corrected chi connectivity index (χ1v) is 25.7. The first kappa shape index (κ1) is 41.8. The first-order chi connectivity index (χ1) is 22.5. The molecule has 3 rings (SSSR count). The second-order valence-corrected chi connectivity index (χ2v) is 31.6. The zero-order valence-corrected chi connectivity index (χ0v) is 35.9. The zero-order valence-electron chi connectivity index (χ0n) is 32.9. The molecule has 1 aliphatic heterocycles. The van der Waals surface area contributed by atoms with E-state index in [0.717, 1.165) is 0 Å². The van der Waals surface area contributed by atoms with Gasteiger partial charge in [0, 0.05) is 13.5 Å². The van der Waals surface area contributed by atoms with E-state index < -0.39 is 55.5 Å². The van der Waals surface area contributed by atoms with Crippen molar-refractivity contribution < 1.29 is 32.7 Å². The van der Waals surface area contributed by atoms with Gasteiger partial charge in [0.25, 0.3) is 8.32 Å². The smallest absolute Gasteiger partial charge is 0.303 e. The molecule has 49 heavy (non-hydrogen) atoms. The van der Waals surface area contributed by atoms with E-state index in [1.54, 1.807) is 0 Å². The Morgan fingerprint density at radius 2 is 1.14 bits per heavy atom. The van der Waals surface area contributed by atoms with Crippen molar-refractivity contribution in [2.24, 2.45) is 0 Å². The Morgan fingerprint density at radius 1 is 0.694 bits per heavy atom. The third-order valence-corrected chi connectivity index (χ3v) is 25.0. The molecule has 0 spiro atoms. The summed E-state index contributed by atoms with van der Waals surface area (Å²) in [6, 6.07) is 21.3. The van der Waals surface area contributed by atoms with E-state index in [-0.39, 0.29) is 27.7 Å². The predicted octanol–water partition coefficient (Wildman–Crippen LogP) is 7.82. The molecule has 1 saturated heterocycles. The maximum Gasteiger partial charge on any atom is 0.303 e. The summed E-state index contributed by atoms with van der Waals surface area (Å²) in [7, 11) is -7.46. The van der Waals surface area contributed by atoms with Crippen LogP contribution in [0.3, 0.4) is 0 Å². The summed E-state index contributed by atoms with van der Waals surface area (Å²) in [6.07, 6.45) is -1.77. The van der Waals surface area contributed by atoms with Crippen LogP contribution >= 0.6 is 0 Å². The van der Waals surface area contributed by atoms with Crippen LogP contribution in [-0.4, -0.2) is 79.8 Å². The van der Waals surface area contributed by atoms with Gasteiger partial charge in [-0.1, -0.05) is 123 Å². The number of benzene rings is 2. The molecule has 0 radical (unpaired) electrons. The fourth-order valence-electron chi connectivity index (χ4n) is 6.29. The van der Waals surface area contributed by atoms with E-state index in [0.29, 0.717) is 19.4 Å². The van der Waals surface area contributed by atoms with Crippen molar-refractivity contribution >= 4 is 41.3 Å². The van der Waals surface area contributed by atoms with Crippen LogP contribution in [-0.2, 0) is 27.5 Å². The van der Waals surface area contributed by atoms with Crippen LogP contribution in [0.5, 0.6) is 0 Å². The zero-order chi connectivity index (χ0) is 37.1. The van der Waals surface area contributed by atoms with Crippen LogP contribution in [0, 0.1) is 0 Å². The summed E-state index contributed by atoms with van der Waals surface area (Å²) >= 11 is 0. The van der Waals surface area contributed by atoms with Crippen LogP contribution in [0.4, 0.5) is 0 Å². The summed E-state index contributed by atoms with van der Waals surface area (Å²) in [6.45, 7) is 30.5. The molecule has 2 aromatic rings. The molecule has 276 valence electrons. The van der Waals surface area contributed by atoms with Crippen molar-refractivity contribution in [3.8, 4) is 0 Å². The van der Waals surface area contributed by atoms with Gasteiger partial charge in [0.15, 0.2) is 22.7 Å². The maximum absolute atomic E-state index is 12.7. The number of esters is 1. The molecule has 5 atom stereocenters. The van der Waals surface area contributed by atoms with Gasteiger partial charge in [0.2, 0.25) is 0 Å². The number of hydrogen-bond acceptors (Lipinski definition) is 7. The molecular formula is C39H66O7Si3. The highest BCUT2D eigenvalue weighted by molar-refractivity contribution is 6.99. The van der Waals surface area contributed by atoms with Crippen LogP contribution in [0.15, 0.2) is 60.7 Å². The molecule has 7 nitrogen and oxygen atoms in total. The fraction of sp³-hybridized carbons (Fsp3) is 0.667. The molecule has 0 saturated carbocycles. The minimum Gasteiger partial charge on any atom is -0.457 e. The molecule has 0 unspecified atom stereocenters. The third-order valence-electron chi connectivity index (χ3n) is 11.1. The van der Waals surface area contributed by atoms with Crippen molar-refractivity contribution in [3.05, 3.63) is 60.7 Å². The van der Waals surface area contributed by atoms with Crippen LogP contribution < -0.4 is 10.4 Å². The number of rotatable bonds is 13. The van der Waals surface area contributed by atoms with E-state index in [1.165, 1.54) is 17.3 Å². The van der Waals surface area contributed by atoms with Crippen molar-refractivity contribution in [1.29, 1.82) is 0 Å². The molecule has 1 aliphatic rings. The SMILES string of the molecule is CC(=O)O[C@@H]1[C@@H](O[Si](C)(C)C(C)(C)C)[C@H](O[Si](C)(C)C(C)(C)C)[C@@H](CO)O[C@H]1CCCO[Si](c1ccccc1)(c1ccccc1)C(C)(C)C. The molecule has 2 aromatic carbocycles. The number of carbonyl (C=O) groups is 1. The van der Waals surface area contributed by atoms with Gasteiger partial charge >= 0.3 is 5.97 Å². The van der Waals surface area contributed by atoms with Gasteiger partial charge < -0.3 is 27.9 Å². The van der Waals surface area contributed by atoms with E-state index >= 15 is 0 Å². The molecule has 0 aromatic heterocycles. The van der Waals surface area contributed by atoms with E-state index in [9.17, 15) is 9.90 Å². The Hall–Kier alpha value is -1.64. The molecular weight excluding hydrogens is 665 g/mol. The second kappa shape index (κ2) is 15.9. The lowest BCUT2D eigenvalue weighted by Crippen LogP contribution is -2.67. The van der Waals surface area contributed by atoms with Gasteiger partial charge in [-0.25, -0.2) is 0 Å². The van der Waals surface area contributed by atoms with Crippen LogP contribution in [0.1, 0.15) is 82.1 Å². The van der Waals surface area contributed by atoms with Crippen LogP contribution in [0.2, 0.25) is 41.3 Å². The maximum atomic E-state index is 12.7. The van der Waals surface area contributed by atoms with Crippen molar-refractivity contribution in [2.45, 2.75) is 154 Å². The highest BCUT2D eigenvalue weighted by Crippen LogP contribution is 2.44. The normalized spacial score (nSPS) is 23.0. The minimum atomic E-state index is -2.72. The van der Waals surface area contributed by atoms with Crippen molar-refractivity contribution in [3.63, 3.8) is 0 Å². The van der Waals surface area contributed by atoms with Gasteiger partial charge in [-0.3, -0.25) is 4.79 Å². The average molecular weight is 731 g/mol. The first-order valence-electron chi connectivity index (χ1n) is 18.0. The van der Waals surface area contributed by atoms with Gasteiger partial charge in [-0.15, -0.1) is 0 Å². The molecule has 0 amide bonds. The average Bonchev–Trinajstić information content (AvgIpc) is 2.98. The number of aliphatic hydroxyl groups is 1. The number of hydrogen-bond donors (Lipinski definition) is 1. The van der Waals surface area contributed by atoms with E-state index in [1.807, 2.05) is 12.1 Å². The Kier molecular flexibility index (Phi) is 13.6. The van der Waals surface area contributed by atoms with Crippen molar-refractivity contribution in [1.82, 2.24) is 0 Å².